The average molecular weight is 558 g/mol. The second-order valence-electron chi connectivity index (χ2n) is 8.07. The maximum absolute atomic E-state index is 6.23. The van der Waals surface area contributed by atoms with Gasteiger partial charge >= 0.3 is 0 Å². The number of guanidine groups is 1. The Labute approximate surface area is 207 Å². The molecule has 4 rings (SSSR count). The summed E-state index contributed by atoms with van der Waals surface area (Å²) in [6.45, 7) is 10.5. The van der Waals surface area contributed by atoms with Gasteiger partial charge in [-0.15, -0.1) is 34.2 Å². The van der Waals surface area contributed by atoms with Gasteiger partial charge in [0.25, 0.3) is 0 Å². The van der Waals surface area contributed by atoms with Crippen LogP contribution in [-0.2, 0) is 19.5 Å². The summed E-state index contributed by atoms with van der Waals surface area (Å²) >= 11 is 6.23. The molecule has 7 nitrogen and oxygen atoms in total. The number of rotatable bonds is 4. The zero-order valence-corrected chi connectivity index (χ0v) is 21.6. The minimum atomic E-state index is 0. The highest BCUT2D eigenvalue weighted by Crippen LogP contribution is 2.25. The van der Waals surface area contributed by atoms with E-state index >= 15 is 0 Å². The third kappa shape index (κ3) is 5.83. The van der Waals surface area contributed by atoms with E-state index in [4.69, 9.17) is 16.6 Å². The van der Waals surface area contributed by atoms with E-state index in [2.05, 4.69) is 55.9 Å². The van der Waals surface area contributed by atoms with E-state index < -0.39 is 0 Å². The summed E-state index contributed by atoms with van der Waals surface area (Å²) in [4.78, 5) is 9.68. The molecule has 0 radical (unpaired) electrons. The molecule has 1 N–H and O–H groups in total. The van der Waals surface area contributed by atoms with Crippen LogP contribution < -0.4 is 10.2 Å². The van der Waals surface area contributed by atoms with Crippen molar-refractivity contribution in [3.05, 3.63) is 40.4 Å². The average Bonchev–Trinajstić information content (AvgIpc) is 2.99. The van der Waals surface area contributed by atoms with Crippen LogP contribution in [0.4, 0.5) is 5.69 Å². The van der Waals surface area contributed by atoms with Gasteiger partial charge in [-0.3, -0.25) is 0 Å². The maximum atomic E-state index is 6.23. The van der Waals surface area contributed by atoms with Gasteiger partial charge in [0.2, 0.25) is 0 Å². The van der Waals surface area contributed by atoms with Crippen LogP contribution in [0.25, 0.3) is 0 Å². The van der Waals surface area contributed by atoms with E-state index in [1.54, 1.807) is 0 Å². The number of benzene rings is 1. The van der Waals surface area contributed by atoms with Crippen molar-refractivity contribution in [2.45, 2.75) is 52.6 Å². The van der Waals surface area contributed by atoms with Crippen LogP contribution in [-0.4, -0.2) is 58.3 Å². The number of aliphatic imine (C=N–C) groups is 1. The van der Waals surface area contributed by atoms with Crippen LogP contribution in [0, 0.1) is 6.92 Å². The van der Waals surface area contributed by atoms with E-state index in [0.29, 0.717) is 6.54 Å². The Hall–Kier alpha value is -1.55. The first-order chi connectivity index (χ1) is 14.7. The molecule has 2 aromatic rings. The lowest BCUT2D eigenvalue weighted by molar-refractivity contribution is 0.372. The molecule has 0 unspecified atom stereocenters. The predicted octanol–water partition coefficient (Wildman–Crippen LogP) is 3.87. The van der Waals surface area contributed by atoms with Crippen molar-refractivity contribution in [3.8, 4) is 0 Å². The number of anilines is 1. The lowest BCUT2D eigenvalue weighted by atomic mass is 10.1. The van der Waals surface area contributed by atoms with Crippen molar-refractivity contribution >= 4 is 47.2 Å². The summed E-state index contributed by atoms with van der Waals surface area (Å²) in [5, 5.41) is 13.1. The molecule has 9 heteroatoms. The number of aryl methyl sites for hydroxylation is 2. The molecule has 3 heterocycles. The Balaban J connectivity index is 0.00000272. The Kier molecular flexibility index (Phi) is 8.83. The van der Waals surface area contributed by atoms with E-state index in [1.807, 2.05) is 6.07 Å². The molecule has 1 aromatic heterocycles. The highest BCUT2D eigenvalue weighted by molar-refractivity contribution is 14.0. The molecule has 2 aliphatic rings. The summed E-state index contributed by atoms with van der Waals surface area (Å²) in [5.74, 6) is 3.06. The number of hydrogen-bond donors (Lipinski definition) is 1. The third-order valence-corrected chi connectivity index (χ3v) is 6.22. The Morgan fingerprint density at radius 2 is 1.90 bits per heavy atom. The van der Waals surface area contributed by atoms with Crippen LogP contribution in [0.3, 0.4) is 0 Å². The van der Waals surface area contributed by atoms with Crippen molar-refractivity contribution in [2.24, 2.45) is 4.99 Å². The highest BCUT2D eigenvalue weighted by atomic mass is 127. The van der Waals surface area contributed by atoms with Crippen LogP contribution in [0.1, 0.15) is 43.4 Å². The number of aromatic nitrogens is 3. The number of halogens is 2. The van der Waals surface area contributed by atoms with Crippen LogP contribution in [0.15, 0.2) is 23.2 Å². The molecule has 0 saturated carbocycles. The molecule has 170 valence electrons. The summed E-state index contributed by atoms with van der Waals surface area (Å²) in [6.07, 6.45) is 4.71. The quantitative estimate of drug-likeness (QED) is 0.351. The van der Waals surface area contributed by atoms with Gasteiger partial charge in [-0.1, -0.05) is 24.1 Å². The fourth-order valence-corrected chi connectivity index (χ4v) is 4.48. The Bertz CT molecular complexity index is 890. The smallest absolute Gasteiger partial charge is 0.194 e. The molecular formula is C22H33ClIN7. The van der Waals surface area contributed by atoms with Crippen LogP contribution in [0.5, 0.6) is 0 Å². The molecule has 1 saturated heterocycles. The number of nitrogens with one attached hydrogen (secondary N) is 1. The summed E-state index contributed by atoms with van der Waals surface area (Å²) in [6, 6.07) is 6.12. The fraction of sp³-hybridized carbons (Fsp3) is 0.591. The van der Waals surface area contributed by atoms with Crippen molar-refractivity contribution in [2.75, 3.05) is 37.6 Å². The second kappa shape index (κ2) is 11.4. The summed E-state index contributed by atoms with van der Waals surface area (Å²) in [7, 11) is 0. The zero-order chi connectivity index (χ0) is 20.9. The molecule has 1 aromatic carbocycles. The second-order valence-corrected chi connectivity index (χ2v) is 8.51. The van der Waals surface area contributed by atoms with E-state index in [-0.39, 0.29) is 24.0 Å². The van der Waals surface area contributed by atoms with Gasteiger partial charge in [-0.2, -0.15) is 0 Å². The fourth-order valence-electron chi connectivity index (χ4n) is 4.32. The molecule has 1 fully saturated rings. The van der Waals surface area contributed by atoms with E-state index in [0.717, 1.165) is 68.3 Å². The van der Waals surface area contributed by atoms with Gasteiger partial charge < -0.3 is 19.7 Å². The summed E-state index contributed by atoms with van der Waals surface area (Å²) < 4.78 is 2.28. The lowest BCUT2D eigenvalue weighted by Gasteiger charge is -2.38. The first-order valence-corrected chi connectivity index (χ1v) is 11.5. The van der Waals surface area contributed by atoms with Crippen LogP contribution >= 0.6 is 35.6 Å². The number of fused-ring (bicyclic) bond motifs is 1. The minimum Gasteiger partial charge on any atom is -0.368 e. The van der Waals surface area contributed by atoms with Crippen LogP contribution in [0.2, 0.25) is 5.02 Å². The minimum absolute atomic E-state index is 0. The SMILES string of the molecule is CCNC(=NCc1nnc2n1CCCCC2)N1CCN(c2cc(Cl)ccc2C)CC1.I. The molecular weight excluding hydrogens is 525 g/mol. The zero-order valence-electron chi connectivity index (χ0n) is 18.5. The standard InChI is InChI=1S/C22H32ClN7.HI/c1-3-24-22(25-16-21-27-26-20-7-5-4-6-10-30(20)21)29-13-11-28(12-14-29)19-15-18(23)9-8-17(19)2;/h8-9,15H,3-7,10-14,16H2,1-2H3,(H,24,25);1H. The van der Waals surface area contributed by atoms with Gasteiger partial charge in [-0.25, -0.2) is 4.99 Å². The Morgan fingerprint density at radius 3 is 2.68 bits per heavy atom. The molecule has 0 aliphatic carbocycles. The van der Waals surface area contributed by atoms with Crippen molar-refractivity contribution in [1.82, 2.24) is 25.0 Å². The topological polar surface area (TPSA) is 61.6 Å². The lowest BCUT2D eigenvalue weighted by Crippen LogP contribution is -2.52. The molecule has 0 amide bonds. The number of nitrogens with zero attached hydrogens (tertiary/aromatic N) is 6. The predicted molar refractivity (Wildman–Crippen MR) is 138 cm³/mol. The Morgan fingerprint density at radius 1 is 1.10 bits per heavy atom. The van der Waals surface area contributed by atoms with Gasteiger partial charge in [0.15, 0.2) is 11.8 Å². The molecule has 2 aliphatic heterocycles. The molecule has 0 atom stereocenters. The van der Waals surface area contributed by atoms with E-state index in [9.17, 15) is 0 Å². The third-order valence-electron chi connectivity index (χ3n) is 5.98. The molecule has 0 spiro atoms. The van der Waals surface area contributed by atoms with Gasteiger partial charge in [-0.05, 0) is 44.4 Å². The van der Waals surface area contributed by atoms with Crippen molar-refractivity contribution < 1.29 is 0 Å². The maximum Gasteiger partial charge on any atom is 0.194 e. The summed E-state index contributed by atoms with van der Waals surface area (Å²) in [5.41, 5.74) is 2.50. The highest BCUT2D eigenvalue weighted by Gasteiger charge is 2.21. The van der Waals surface area contributed by atoms with Gasteiger partial charge in [0, 0.05) is 56.4 Å². The first kappa shape index (κ1) is 24.1. The monoisotopic (exact) mass is 557 g/mol. The molecule has 0 bridgehead atoms. The van der Waals surface area contributed by atoms with Gasteiger partial charge in [0.1, 0.15) is 12.4 Å². The normalized spacial score (nSPS) is 17.1. The van der Waals surface area contributed by atoms with E-state index in [1.165, 1.54) is 30.5 Å². The van der Waals surface area contributed by atoms with Crippen molar-refractivity contribution in [1.29, 1.82) is 0 Å². The largest absolute Gasteiger partial charge is 0.368 e. The number of hydrogen-bond acceptors (Lipinski definition) is 4. The van der Waals surface area contributed by atoms with Crippen molar-refractivity contribution in [3.63, 3.8) is 0 Å². The molecule has 31 heavy (non-hydrogen) atoms. The van der Waals surface area contributed by atoms with Gasteiger partial charge in [0.05, 0.1) is 0 Å². The first-order valence-electron chi connectivity index (χ1n) is 11.1. The number of piperazine rings is 1.